The van der Waals surface area contributed by atoms with Crippen molar-refractivity contribution < 1.29 is 13.9 Å². The van der Waals surface area contributed by atoms with Gasteiger partial charge in [0.05, 0.1) is 24.9 Å². The van der Waals surface area contributed by atoms with E-state index in [0.717, 1.165) is 12.4 Å². The Hall–Kier alpha value is -1.72. The smallest absolute Gasteiger partial charge is 0.311 e. The van der Waals surface area contributed by atoms with Gasteiger partial charge in [-0.1, -0.05) is 0 Å². The van der Waals surface area contributed by atoms with Crippen LogP contribution in [0.1, 0.15) is 19.8 Å². The lowest BCUT2D eigenvalue weighted by atomic mass is 9.80. The quantitative estimate of drug-likeness (QED) is 0.746. The molecule has 0 amide bonds. The molecular formula is C12H16FN3O2. The zero-order valence-corrected chi connectivity index (χ0v) is 10.5. The summed E-state index contributed by atoms with van der Waals surface area (Å²) in [6.45, 7) is 3.23. The molecule has 0 aliphatic carbocycles. The molecule has 0 unspecified atom stereocenters. The molecule has 0 saturated carbocycles. The van der Waals surface area contributed by atoms with Crippen LogP contribution in [0.2, 0.25) is 0 Å². The van der Waals surface area contributed by atoms with Crippen molar-refractivity contribution >= 4 is 11.9 Å². The Morgan fingerprint density at radius 1 is 1.39 bits per heavy atom. The van der Waals surface area contributed by atoms with Crippen molar-refractivity contribution in [3.63, 3.8) is 0 Å². The molecule has 0 N–H and O–H groups in total. The maximum Gasteiger partial charge on any atom is 0.311 e. The first-order chi connectivity index (χ1) is 8.55. The van der Waals surface area contributed by atoms with E-state index >= 15 is 0 Å². The van der Waals surface area contributed by atoms with Gasteiger partial charge in [0.15, 0.2) is 5.82 Å². The minimum Gasteiger partial charge on any atom is -0.469 e. The fourth-order valence-electron chi connectivity index (χ4n) is 2.12. The number of ether oxygens (including phenoxy) is 1. The fraction of sp³-hybridized carbons (Fsp3) is 0.583. The van der Waals surface area contributed by atoms with Gasteiger partial charge in [0, 0.05) is 13.1 Å². The Labute approximate surface area is 105 Å². The van der Waals surface area contributed by atoms with Gasteiger partial charge in [-0.3, -0.25) is 4.79 Å². The fourth-order valence-corrected chi connectivity index (χ4v) is 2.12. The lowest BCUT2D eigenvalue weighted by molar-refractivity contribution is -0.152. The highest BCUT2D eigenvalue weighted by molar-refractivity contribution is 5.76. The van der Waals surface area contributed by atoms with E-state index in [0.29, 0.717) is 31.9 Å². The molecule has 1 aliphatic rings. The molecule has 18 heavy (non-hydrogen) atoms. The van der Waals surface area contributed by atoms with Crippen molar-refractivity contribution in [3.05, 3.63) is 18.2 Å². The van der Waals surface area contributed by atoms with Crippen LogP contribution in [0.15, 0.2) is 12.4 Å². The van der Waals surface area contributed by atoms with E-state index in [4.69, 9.17) is 4.74 Å². The number of aromatic nitrogens is 2. The number of anilines is 1. The Morgan fingerprint density at radius 3 is 2.44 bits per heavy atom. The van der Waals surface area contributed by atoms with E-state index < -0.39 is 11.2 Å². The van der Waals surface area contributed by atoms with Crippen molar-refractivity contribution in [1.82, 2.24) is 9.97 Å². The molecule has 0 aromatic carbocycles. The van der Waals surface area contributed by atoms with E-state index in [1.807, 2.05) is 11.8 Å². The van der Waals surface area contributed by atoms with E-state index in [1.54, 1.807) is 0 Å². The number of halogens is 1. The van der Waals surface area contributed by atoms with Crippen LogP contribution in [0, 0.1) is 11.2 Å². The second kappa shape index (κ2) is 4.88. The number of carbonyl (C=O) groups excluding carboxylic acids is 1. The van der Waals surface area contributed by atoms with Gasteiger partial charge in [-0.25, -0.2) is 14.4 Å². The first-order valence-corrected chi connectivity index (χ1v) is 5.86. The van der Waals surface area contributed by atoms with Crippen LogP contribution in [0.5, 0.6) is 0 Å². The zero-order chi connectivity index (χ0) is 13.2. The number of carbonyl (C=O) groups is 1. The Morgan fingerprint density at radius 2 is 1.94 bits per heavy atom. The average Bonchev–Trinajstić information content (AvgIpc) is 2.40. The molecule has 0 bridgehead atoms. The predicted octanol–water partition coefficient (Wildman–Crippen LogP) is 1.40. The van der Waals surface area contributed by atoms with Gasteiger partial charge >= 0.3 is 5.97 Å². The molecule has 1 aromatic rings. The van der Waals surface area contributed by atoms with Crippen molar-refractivity contribution in [2.75, 3.05) is 25.1 Å². The molecule has 2 heterocycles. The molecule has 0 atom stereocenters. The van der Waals surface area contributed by atoms with E-state index in [2.05, 4.69) is 9.97 Å². The third-order valence-electron chi connectivity index (χ3n) is 3.43. The first-order valence-electron chi connectivity index (χ1n) is 5.86. The third kappa shape index (κ3) is 2.42. The van der Waals surface area contributed by atoms with Crippen LogP contribution >= 0.6 is 0 Å². The topological polar surface area (TPSA) is 55.3 Å². The zero-order valence-electron chi connectivity index (χ0n) is 10.5. The van der Waals surface area contributed by atoms with Crippen LogP contribution in [-0.2, 0) is 9.53 Å². The molecule has 1 aliphatic heterocycles. The molecule has 0 spiro atoms. The lowest BCUT2D eigenvalue weighted by Crippen LogP contribution is -2.43. The molecule has 0 radical (unpaired) electrons. The summed E-state index contributed by atoms with van der Waals surface area (Å²) in [7, 11) is 1.41. The number of hydrogen-bond donors (Lipinski definition) is 0. The number of piperidine rings is 1. The first kappa shape index (κ1) is 12.7. The van der Waals surface area contributed by atoms with Gasteiger partial charge in [0.1, 0.15) is 0 Å². The predicted molar refractivity (Wildman–Crippen MR) is 63.6 cm³/mol. The second-order valence-electron chi connectivity index (χ2n) is 4.74. The molecule has 1 aromatic heterocycles. The molecule has 2 rings (SSSR count). The minimum absolute atomic E-state index is 0.179. The number of nitrogens with zero attached hydrogens (tertiary/aromatic N) is 3. The number of methoxy groups -OCH3 is 1. The molecule has 6 heteroatoms. The summed E-state index contributed by atoms with van der Waals surface area (Å²) >= 11 is 0. The summed E-state index contributed by atoms with van der Waals surface area (Å²) < 4.78 is 17.5. The van der Waals surface area contributed by atoms with Crippen molar-refractivity contribution in [2.45, 2.75) is 19.8 Å². The van der Waals surface area contributed by atoms with Crippen LogP contribution in [0.25, 0.3) is 0 Å². The second-order valence-corrected chi connectivity index (χ2v) is 4.74. The van der Waals surface area contributed by atoms with Crippen LogP contribution in [-0.4, -0.2) is 36.1 Å². The normalized spacial score (nSPS) is 18.5. The summed E-state index contributed by atoms with van der Waals surface area (Å²) in [6, 6.07) is 0. The van der Waals surface area contributed by atoms with E-state index in [-0.39, 0.29) is 5.97 Å². The summed E-state index contributed by atoms with van der Waals surface area (Å²) in [5, 5.41) is 0. The maximum atomic E-state index is 12.7. The average molecular weight is 253 g/mol. The highest BCUT2D eigenvalue weighted by atomic mass is 19.1. The van der Waals surface area contributed by atoms with E-state index in [9.17, 15) is 9.18 Å². The largest absolute Gasteiger partial charge is 0.469 e. The van der Waals surface area contributed by atoms with Gasteiger partial charge < -0.3 is 9.64 Å². The van der Waals surface area contributed by atoms with Gasteiger partial charge in [-0.05, 0) is 19.8 Å². The summed E-state index contributed by atoms with van der Waals surface area (Å²) in [5.74, 6) is -0.124. The third-order valence-corrected chi connectivity index (χ3v) is 3.43. The van der Waals surface area contributed by atoms with Crippen LogP contribution < -0.4 is 4.90 Å². The molecule has 5 nitrogen and oxygen atoms in total. The molecule has 98 valence electrons. The van der Waals surface area contributed by atoms with Gasteiger partial charge in [0.25, 0.3) is 0 Å². The minimum atomic E-state index is -0.449. The number of hydrogen-bond acceptors (Lipinski definition) is 5. The SMILES string of the molecule is COC(=O)C1(C)CCN(c2ncc(F)cn2)CC1. The van der Waals surface area contributed by atoms with Gasteiger partial charge in [-0.15, -0.1) is 0 Å². The standard InChI is InChI=1S/C12H16FN3O2/c1-12(10(17)18-2)3-5-16(6-4-12)11-14-7-9(13)8-15-11/h7-8H,3-6H2,1-2H3. The van der Waals surface area contributed by atoms with Crippen molar-refractivity contribution in [2.24, 2.45) is 5.41 Å². The van der Waals surface area contributed by atoms with Crippen LogP contribution in [0.4, 0.5) is 10.3 Å². The number of rotatable bonds is 2. The Bertz CT molecular complexity index is 427. The summed E-state index contributed by atoms with van der Waals surface area (Å²) in [6.07, 6.45) is 3.66. The van der Waals surface area contributed by atoms with Gasteiger partial charge in [0.2, 0.25) is 5.95 Å². The van der Waals surface area contributed by atoms with Crippen molar-refractivity contribution in [1.29, 1.82) is 0 Å². The monoisotopic (exact) mass is 253 g/mol. The number of esters is 1. The van der Waals surface area contributed by atoms with E-state index in [1.165, 1.54) is 7.11 Å². The molecular weight excluding hydrogens is 237 g/mol. The highest BCUT2D eigenvalue weighted by Gasteiger charge is 2.38. The molecule has 1 fully saturated rings. The summed E-state index contributed by atoms with van der Waals surface area (Å²) in [4.78, 5) is 21.5. The highest BCUT2D eigenvalue weighted by Crippen LogP contribution is 2.33. The summed E-state index contributed by atoms with van der Waals surface area (Å²) in [5.41, 5.74) is -0.439. The van der Waals surface area contributed by atoms with Crippen molar-refractivity contribution in [3.8, 4) is 0 Å². The molecule has 1 saturated heterocycles. The maximum absolute atomic E-state index is 12.7. The Balaban J connectivity index is 2.02. The van der Waals surface area contributed by atoms with Gasteiger partial charge in [-0.2, -0.15) is 0 Å². The van der Waals surface area contributed by atoms with Crippen LogP contribution in [0.3, 0.4) is 0 Å². The Kier molecular flexibility index (Phi) is 3.45. The lowest BCUT2D eigenvalue weighted by Gasteiger charge is -2.37.